The Morgan fingerprint density at radius 2 is 1.53 bits per heavy atom. The van der Waals surface area contributed by atoms with Crippen molar-refractivity contribution in [3.05, 3.63) is 52.6 Å². The maximum absolute atomic E-state index is 12.9. The lowest BCUT2D eigenvalue weighted by molar-refractivity contribution is -0.115. The normalized spacial score (nSPS) is 16.0. The van der Waals surface area contributed by atoms with Gasteiger partial charge in [0.1, 0.15) is 4.90 Å². The first-order chi connectivity index (χ1) is 14.4. The van der Waals surface area contributed by atoms with E-state index >= 15 is 0 Å². The Labute approximate surface area is 176 Å². The minimum Gasteiger partial charge on any atom is -0.492 e. The SMILES string of the molecule is COc1c(OS(=O)(=O)c2ccc(C)cc2)cc2c(c1OC)C1=C(CCC1)C(=O)CC2. The molecule has 0 amide bonds. The maximum atomic E-state index is 12.9. The number of hydrogen-bond donors (Lipinski definition) is 0. The second-order valence-electron chi connectivity index (χ2n) is 7.56. The lowest BCUT2D eigenvalue weighted by Gasteiger charge is -2.20. The molecule has 2 aromatic carbocycles. The Bertz CT molecular complexity index is 1140. The second kappa shape index (κ2) is 7.80. The highest BCUT2D eigenvalue weighted by molar-refractivity contribution is 7.87. The first-order valence-corrected chi connectivity index (χ1v) is 11.3. The Balaban J connectivity index is 1.85. The van der Waals surface area contributed by atoms with E-state index in [1.165, 1.54) is 26.4 Å². The van der Waals surface area contributed by atoms with Gasteiger partial charge in [-0.05, 0) is 67.5 Å². The summed E-state index contributed by atoms with van der Waals surface area (Å²) in [6, 6.07) is 8.11. The molecule has 0 radical (unpaired) electrons. The standard InChI is InChI=1S/C23H24O6S/c1-14-7-10-16(11-8-14)30(25,26)29-20-13-15-9-12-19(24)17-5-4-6-18(17)21(15)23(28-3)22(20)27-2/h7-8,10-11,13H,4-6,9,12H2,1-3H3. The highest BCUT2D eigenvalue weighted by Crippen LogP contribution is 2.50. The number of ketones is 1. The number of rotatable bonds is 5. The third kappa shape index (κ3) is 3.47. The molecule has 0 atom stereocenters. The first kappa shape index (κ1) is 20.5. The van der Waals surface area contributed by atoms with Gasteiger partial charge in [-0.25, -0.2) is 0 Å². The molecule has 0 bridgehead atoms. The van der Waals surface area contributed by atoms with Gasteiger partial charge in [0.15, 0.2) is 17.3 Å². The van der Waals surface area contributed by atoms with Crippen LogP contribution in [0.1, 0.15) is 42.4 Å². The van der Waals surface area contributed by atoms with Gasteiger partial charge >= 0.3 is 10.1 Å². The van der Waals surface area contributed by atoms with Crippen LogP contribution in [-0.4, -0.2) is 28.4 Å². The van der Waals surface area contributed by atoms with E-state index in [2.05, 4.69) is 0 Å². The molecule has 0 N–H and O–H groups in total. The van der Waals surface area contributed by atoms with Gasteiger partial charge in [0.25, 0.3) is 0 Å². The fourth-order valence-corrected chi connectivity index (χ4v) is 5.17. The van der Waals surface area contributed by atoms with E-state index in [9.17, 15) is 13.2 Å². The predicted octanol–water partition coefficient (Wildman–Crippen LogP) is 4.23. The van der Waals surface area contributed by atoms with Crippen LogP contribution >= 0.6 is 0 Å². The molecule has 0 aliphatic heterocycles. The summed E-state index contributed by atoms with van der Waals surface area (Å²) in [6.07, 6.45) is 3.34. The number of methoxy groups -OCH3 is 2. The van der Waals surface area contributed by atoms with Crippen molar-refractivity contribution < 1.29 is 26.9 Å². The van der Waals surface area contributed by atoms with Gasteiger partial charge in [-0.2, -0.15) is 8.42 Å². The average Bonchev–Trinajstić information content (AvgIpc) is 3.16. The topological polar surface area (TPSA) is 78.9 Å². The van der Waals surface area contributed by atoms with Gasteiger partial charge in [0, 0.05) is 12.0 Å². The van der Waals surface area contributed by atoms with Crippen molar-refractivity contribution in [1.82, 2.24) is 0 Å². The van der Waals surface area contributed by atoms with E-state index < -0.39 is 10.1 Å². The van der Waals surface area contributed by atoms with Crippen LogP contribution in [-0.2, 0) is 21.3 Å². The molecule has 30 heavy (non-hydrogen) atoms. The lowest BCUT2D eigenvalue weighted by atomic mass is 9.95. The number of carbonyl (C=O) groups is 1. The van der Waals surface area contributed by atoms with Crippen molar-refractivity contribution in [2.45, 2.75) is 43.9 Å². The summed E-state index contributed by atoms with van der Waals surface area (Å²) in [5.41, 5.74) is 4.46. The Hall–Kier alpha value is -2.80. The van der Waals surface area contributed by atoms with Crippen molar-refractivity contribution in [1.29, 1.82) is 0 Å². The molecule has 0 spiro atoms. The molecule has 2 aliphatic rings. The van der Waals surface area contributed by atoms with Crippen molar-refractivity contribution >= 4 is 21.5 Å². The quantitative estimate of drug-likeness (QED) is 0.663. The highest BCUT2D eigenvalue weighted by Gasteiger charge is 2.33. The number of ether oxygens (including phenoxy) is 2. The second-order valence-corrected chi connectivity index (χ2v) is 9.11. The third-order valence-electron chi connectivity index (χ3n) is 5.68. The number of fused-ring (bicyclic) bond motifs is 2. The fourth-order valence-electron chi connectivity index (χ4n) is 4.24. The first-order valence-electron chi connectivity index (χ1n) is 9.90. The monoisotopic (exact) mass is 428 g/mol. The molecular formula is C23H24O6S. The van der Waals surface area contributed by atoms with Crippen LogP contribution in [0.2, 0.25) is 0 Å². The molecule has 2 aromatic rings. The summed E-state index contributed by atoms with van der Waals surface area (Å²) in [5, 5.41) is 0. The maximum Gasteiger partial charge on any atom is 0.339 e. The van der Waals surface area contributed by atoms with Gasteiger partial charge in [-0.3, -0.25) is 4.79 Å². The molecular weight excluding hydrogens is 404 g/mol. The van der Waals surface area contributed by atoms with E-state index in [1.54, 1.807) is 18.2 Å². The van der Waals surface area contributed by atoms with Gasteiger partial charge in [-0.15, -0.1) is 0 Å². The largest absolute Gasteiger partial charge is 0.492 e. The van der Waals surface area contributed by atoms with Crippen molar-refractivity contribution in [3.8, 4) is 17.2 Å². The zero-order valence-corrected chi connectivity index (χ0v) is 18.1. The number of benzene rings is 2. The molecule has 0 unspecified atom stereocenters. The summed E-state index contributed by atoms with van der Waals surface area (Å²) in [6.45, 7) is 1.88. The van der Waals surface area contributed by atoms with Crippen LogP contribution in [0.15, 0.2) is 40.8 Å². The third-order valence-corrected chi connectivity index (χ3v) is 6.93. The Morgan fingerprint density at radius 3 is 2.20 bits per heavy atom. The number of hydrogen-bond acceptors (Lipinski definition) is 6. The van der Waals surface area contributed by atoms with Crippen LogP contribution in [0.4, 0.5) is 0 Å². The minimum absolute atomic E-state index is 0.0556. The summed E-state index contributed by atoms with van der Waals surface area (Å²) >= 11 is 0. The summed E-state index contributed by atoms with van der Waals surface area (Å²) in [4.78, 5) is 12.6. The van der Waals surface area contributed by atoms with Gasteiger partial charge < -0.3 is 13.7 Å². The van der Waals surface area contributed by atoms with E-state index in [0.29, 0.717) is 18.6 Å². The van der Waals surface area contributed by atoms with E-state index in [0.717, 1.165) is 47.1 Å². The highest BCUT2D eigenvalue weighted by atomic mass is 32.2. The lowest BCUT2D eigenvalue weighted by Crippen LogP contribution is -2.12. The molecule has 0 aromatic heterocycles. The number of Topliss-reactive ketones (excluding diaryl/α,β-unsaturated/α-hetero) is 1. The molecule has 2 aliphatic carbocycles. The summed E-state index contributed by atoms with van der Waals surface area (Å²) in [5.74, 6) is 0.825. The van der Waals surface area contributed by atoms with Crippen molar-refractivity contribution in [3.63, 3.8) is 0 Å². The number of aryl methyl sites for hydroxylation is 2. The van der Waals surface area contributed by atoms with Crippen LogP contribution in [0, 0.1) is 6.92 Å². The molecule has 0 fully saturated rings. The summed E-state index contributed by atoms with van der Waals surface area (Å²) < 4.78 is 42.4. The van der Waals surface area contributed by atoms with Crippen LogP contribution in [0.5, 0.6) is 17.2 Å². The van der Waals surface area contributed by atoms with Gasteiger partial charge in [0.05, 0.1) is 14.2 Å². The fraction of sp³-hybridized carbons (Fsp3) is 0.348. The molecule has 158 valence electrons. The molecule has 6 nitrogen and oxygen atoms in total. The molecule has 7 heteroatoms. The van der Waals surface area contributed by atoms with Gasteiger partial charge in [0.2, 0.25) is 5.75 Å². The molecule has 0 heterocycles. The molecule has 0 saturated heterocycles. The molecule has 4 rings (SSSR count). The van der Waals surface area contributed by atoms with Crippen LogP contribution in [0.25, 0.3) is 5.57 Å². The van der Waals surface area contributed by atoms with Crippen LogP contribution in [0.3, 0.4) is 0 Å². The number of allylic oxidation sites excluding steroid dienone is 2. The van der Waals surface area contributed by atoms with Crippen LogP contribution < -0.4 is 13.7 Å². The zero-order chi connectivity index (χ0) is 21.5. The zero-order valence-electron chi connectivity index (χ0n) is 17.3. The smallest absolute Gasteiger partial charge is 0.339 e. The predicted molar refractivity (Wildman–Crippen MR) is 113 cm³/mol. The number of carbonyl (C=O) groups excluding carboxylic acids is 1. The average molecular weight is 429 g/mol. The Morgan fingerprint density at radius 1 is 0.867 bits per heavy atom. The van der Waals surface area contributed by atoms with E-state index in [4.69, 9.17) is 13.7 Å². The van der Waals surface area contributed by atoms with Crippen molar-refractivity contribution in [2.24, 2.45) is 0 Å². The summed E-state index contributed by atoms with van der Waals surface area (Å²) in [7, 11) is -1.11. The van der Waals surface area contributed by atoms with Gasteiger partial charge in [-0.1, -0.05) is 17.7 Å². The van der Waals surface area contributed by atoms with Crippen molar-refractivity contribution in [2.75, 3.05) is 14.2 Å². The van der Waals surface area contributed by atoms with E-state index in [-0.39, 0.29) is 22.2 Å². The minimum atomic E-state index is -4.07. The molecule has 0 saturated carbocycles. The van der Waals surface area contributed by atoms with E-state index in [1.807, 2.05) is 6.92 Å². The Kier molecular flexibility index (Phi) is 5.32.